The van der Waals surface area contributed by atoms with Gasteiger partial charge in [0.1, 0.15) is 16.7 Å². The minimum absolute atomic E-state index is 0.153. The monoisotopic (exact) mass is 248 g/mol. The first-order valence-corrected chi connectivity index (χ1v) is 5.24. The number of amides is 1. The van der Waals surface area contributed by atoms with Crippen LogP contribution in [-0.2, 0) is 0 Å². The summed E-state index contributed by atoms with van der Waals surface area (Å²) in [7, 11) is 0. The minimum Gasteiger partial charge on any atom is -0.305 e. The molecule has 0 aliphatic carbocycles. The molecule has 2 rings (SSSR count). The third kappa shape index (κ3) is 2.98. The Morgan fingerprint density at radius 1 is 1.29 bits per heavy atom. The molecule has 0 saturated heterocycles. The number of carbonyl (C=O) groups excluding carboxylic acids is 1. The van der Waals surface area contributed by atoms with E-state index < -0.39 is 5.91 Å². The first-order valence-electron chi connectivity index (χ1n) is 4.87. The molecule has 2 aromatic heterocycles. The van der Waals surface area contributed by atoms with Gasteiger partial charge in [-0.05, 0) is 18.6 Å². The second-order valence-corrected chi connectivity index (χ2v) is 3.79. The van der Waals surface area contributed by atoms with Crippen LogP contribution in [0.3, 0.4) is 0 Å². The van der Waals surface area contributed by atoms with Crippen LogP contribution in [0.1, 0.15) is 16.1 Å². The molecule has 0 aliphatic heterocycles. The maximum Gasteiger partial charge on any atom is 0.277 e. The molecular weight excluding hydrogens is 240 g/mol. The predicted molar refractivity (Wildman–Crippen MR) is 64.0 cm³/mol. The molecule has 86 valence electrons. The minimum atomic E-state index is -0.392. The van der Waals surface area contributed by atoms with Crippen LogP contribution in [0, 0.1) is 6.92 Å². The van der Waals surface area contributed by atoms with Crippen molar-refractivity contribution in [1.82, 2.24) is 15.0 Å². The van der Waals surface area contributed by atoms with Gasteiger partial charge in [0.05, 0.1) is 12.4 Å². The van der Waals surface area contributed by atoms with E-state index in [9.17, 15) is 4.79 Å². The average molecular weight is 249 g/mol. The largest absolute Gasteiger partial charge is 0.305 e. The van der Waals surface area contributed by atoms with Crippen molar-refractivity contribution >= 4 is 23.3 Å². The molecule has 0 saturated carbocycles. The van der Waals surface area contributed by atoms with Crippen LogP contribution in [0.25, 0.3) is 0 Å². The number of anilines is 1. The van der Waals surface area contributed by atoms with Gasteiger partial charge >= 0.3 is 0 Å². The Morgan fingerprint density at radius 2 is 2.12 bits per heavy atom. The Bertz CT molecular complexity index is 541. The number of pyridine rings is 1. The van der Waals surface area contributed by atoms with Crippen LogP contribution in [-0.4, -0.2) is 20.9 Å². The summed E-state index contributed by atoms with van der Waals surface area (Å²) >= 11 is 5.64. The van der Waals surface area contributed by atoms with Crippen molar-refractivity contribution in [2.45, 2.75) is 6.92 Å². The van der Waals surface area contributed by atoms with E-state index in [2.05, 4.69) is 20.3 Å². The highest BCUT2D eigenvalue weighted by Gasteiger charge is 2.09. The molecule has 0 unspecified atom stereocenters. The van der Waals surface area contributed by atoms with Crippen molar-refractivity contribution in [2.75, 3.05) is 5.32 Å². The fraction of sp³-hybridized carbons (Fsp3) is 0.0909. The van der Waals surface area contributed by atoms with Crippen LogP contribution in [0.4, 0.5) is 5.82 Å². The van der Waals surface area contributed by atoms with Gasteiger partial charge in [-0.2, -0.15) is 0 Å². The second-order valence-electron chi connectivity index (χ2n) is 3.40. The Labute approximate surface area is 103 Å². The molecule has 0 aromatic carbocycles. The van der Waals surface area contributed by atoms with Gasteiger partial charge in [0.25, 0.3) is 5.91 Å². The number of hydrogen-bond donors (Lipinski definition) is 1. The van der Waals surface area contributed by atoms with Crippen LogP contribution >= 0.6 is 11.6 Å². The number of hydrogen-bond acceptors (Lipinski definition) is 4. The topological polar surface area (TPSA) is 67.8 Å². The van der Waals surface area contributed by atoms with E-state index >= 15 is 0 Å². The lowest BCUT2D eigenvalue weighted by atomic mass is 10.3. The maximum absolute atomic E-state index is 11.7. The van der Waals surface area contributed by atoms with Gasteiger partial charge in [0.2, 0.25) is 0 Å². The average Bonchev–Trinajstić information content (AvgIpc) is 2.32. The van der Waals surface area contributed by atoms with E-state index in [0.717, 1.165) is 5.56 Å². The molecule has 2 heterocycles. The van der Waals surface area contributed by atoms with E-state index in [1.807, 2.05) is 13.0 Å². The van der Waals surface area contributed by atoms with Crippen LogP contribution in [0.5, 0.6) is 0 Å². The van der Waals surface area contributed by atoms with Crippen molar-refractivity contribution in [2.24, 2.45) is 0 Å². The molecule has 1 N–H and O–H groups in total. The second kappa shape index (κ2) is 4.88. The van der Waals surface area contributed by atoms with Crippen molar-refractivity contribution in [3.8, 4) is 0 Å². The van der Waals surface area contributed by atoms with Crippen molar-refractivity contribution < 1.29 is 4.79 Å². The smallest absolute Gasteiger partial charge is 0.277 e. The quantitative estimate of drug-likeness (QED) is 0.884. The fourth-order valence-corrected chi connectivity index (χ4v) is 1.32. The van der Waals surface area contributed by atoms with Gasteiger partial charge in [-0.3, -0.25) is 9.78 Å². The summed E-state index contributed by atoms with van der Waals surface area (Å²) in [6.07, 6.45) is 4.37. The zero-order valence-electron chi connectivity index (χ0n) is 9.01. The standard InChI is InChI=1S/C11H9ClN4O/c1-7-2-3-10(14-4-7)16-11(17)8-5-13-6-9(12)15-8/h2-6H,1H3,(H,14,16,17). The Balaban J connectivity index is 2.14. The molecule has 6 heteroatoms. The molecule has 0 bridgehead atoms. The molecule has 0 aliphatic rings. The summed E-state index contributed by atoms with van der Waals surface area (Å²) in [5.41, 5.74) is 1.17. The van der Waals surface area contributed by atoms with Crippen LogP contribution < -0.4 is 5.32 Å². The van der Waals surface area contributed by atoms with Gasteiger partial charge < -0.3 is 5.32 Å². The van der Waals surface area contributed by atoms with Gasteiger partial charge in [-0.1, -0.05) is 17.7 Å². The Hall–Kier alpha value is -2.01. The lowest BCUT2D eigenvalue weighted by Gasteiger charge is -2.03. The number of carbonyl (C=O) groups is 1. The Kier molecular flexibility index (Phi) is 3.30. The van der Waals surface area contributed by atoms with Crippen LogP contribution in [0.2, 0.25) is 5.15 Å². The highest BCUT2D eigenvalue weighted by Crippen LogP contribution is 2.07. The zero-order valence-corrected chi connectivity index (χ0v) is 9.77. The molecule has 0 spiro atoms. The summed E-state index contributed by atoms with van der Waals surface area (Å²) in [5.74, 6) is 0.0683. The van der Waals surface area contributed by atoms with Crippen molar-refractivity contribution in [3.05, 3.63) is 47.1 Å². The van der Waals surface area contributed by atoms with Gasteiger partial charge in [0, 0.05) is 6.20 Å². The zero-order chi connectivity index (χ0) is 12.3. The number of rotatable bonds is 2. The first kappa shape index (κ1) is 11.5. The highest BCUT2D eigenvalue weighted by atomic mass is 35.5. The molecule has 0 radical (unpaired) electrons. The molecule has 2 aromatic rings. The number of aryl methyl sites for hydroxylation is 1. The highest BCUT2D eigenvalue weighted by molar-refractivity contribution is 6.29. The SMILES string of the molecule is Cc1ccc(NC(=O)c2cncc(Cl)n2)nc1. The van der Waals surface area contributed by atoms with Crippen LogP contribution in [0.15, 0.2) is 30.7 Å². The maximum atomic E-state index is 11.7. The molecule has 0 atom stereocenters. The lowest BCUT2D eigenvalue weighted by Crippen LogP contribution is -2.14. The molecular formula is C11H9ClN4O. The van der Waals surface area contributed by atoms with Gasteiger partial charge in [-0.15, -0.1) is 0 Å². The van der Waals surface area contributed by atoms with E-state index in [1.54, 1.807) is 12.3 Å². The summed E-state index contributed by atoms with van der Waals surface area (Å²) < 4.78 is 0. The summed E-state index contributed by atoms with van der Waals surface area (Å²) in [5, 5.41) is 2.78. The van der Waals surface area contributed by atoms with Crippen molar-refractivity contribution in [3.63, 3.8) is 0 Å². The number of nitrogens with one attached hydrogen (secondary N) is 1. The fourth-order valence-electron chi connectivity index (χ4n) is 1.17. The molecule has 0 fully saturated rings. The normalized spacial score (nSPS) is 10.0. The summed E-state index contributed by atoms with van der Waals surface area (Å²) in [4.78, 5) is 23.4. The van der Waals surface area contributed by atoms with E-state index in [4.69, 9.17) is 11.6 Å². The molecule has 5 nitrogen and oxygen atoms in total. The summed E-state index contributed by atoms with van der Waals surface area (Å²) in [6.45, 7) is 1.92. The lowest BCUT2D eigenvalue weighted by molar-refractivity contribution is 0.102. The van der Waals surface area contributed by atoms with Gasteiger partial charge in [-0.25, -0.2) is 9.97 Å². The Morgan fingerprint density at radius 3 is 2.76 bits per heavy atom. The third-order valence-corrected chi connectivity index (χ3v) is 2.17. The number of nitrogens with zero attached hydrogens (tertiary/aromatic N) is 3. The third-order valence-electron chi connectivity index (χ3n) is 1.99. The molecule has 17 heavy (non-hydrogen) atoms. The first-order chi connectivity index (χ1) is 8.15. The number of halogens is 1. The van der Waals surface area contributed by atoms with Gasteiger partial charge in [0.15, 0.2) is 0 Å². The number of aromatic nitrogens is 3. The summed E-state index contributed by atoms with van der Waals surface area (Å²) in [6, 6.07) is 3.57. The predicted octanol–water partition coefficient (Wildman–Crippen LogP) is 2.09. The molecule has 1 amide bonds. The van der Waals surface area contributed by atoms with E-state index in [0.29, 0.717) is 5.82 Å². The van der Waals surface area contributed by atoms with E-state index in [-0.39, 0.29) is 10.8 Å². The van der Waals surface area contributed by atoms with Crippen molar-refractivity contribution in [1.29, 1.82) is 0 Å². The van der Waals surface area contributed by atoms with E-state index in [1.165, 1.54) is 12.4 Å².